The summed E-state index contributed by atoms with van der Waals surface area (Å²) in [5.74, 6) is 0. The number of pyridine rings is 4. The fourth-order valence-corrected chi connectivity index (χ4v) is 7.00. The van der Waals surface area contributed by atoms with Gasteiger partial charge in [-0.3, -0.25) is 19.4 Å². The Bertz CT molecular complexity index is 2670. The predicted octanol–water partition coefficient (Wildman–Crippen LogP) is 10.8. The minimum absolute atomic E-state index is 0.905. The van der Waals surface area contributed by atoms with Crippen molar-refractivity contribution in [3.8, 4) is 55.9 Å². The average molecular weight is 630 g/mol. The predicted molar refractivity (Wildman–Crippen MR) is 200 cm³/mol. The first-order valence-corrected chi connectivity index (χ1v) is 16.5. The Morgan fingerprint density at radius 2 is 1.20 bits per heavy atom. The van der Waals surface area contributed by atoms with Crippen LogP contribution in [0, 0.1) is 13.8 Å². The SMILES string of the molecule is Cc1ccc(-c2cc(-c3ccc(-c4c(-c5ccccc5)nc5ccccn45)cc3)cc(-c3cc4cccnc4c4ncccc34)c2)c(C)n1. The molecule has 0 aliphatic rings. The van der Waals surface area contributed by atoms with Crippen LogP contribution in [0.2, 0.25) is 0 Å². The zero-order valence-corrected chi connectivity index (χ0v) is 27.2. The highest BCUT2D eigenvalue weighted by Crippen LogP contribution is 2.39. The molecular weight excluding hydrogens is 599 g/mol. The molecule has 5 heteroatoms. The summed E-state index contributed by atoms with van der Waals surface area (Å²) in [6.45, 7) is 4.13. The van der Waals surface area contributed by atoms with Gasteiger partial charge in [0.1, 0.15) is 5.65 Å². The van der Waals surface area contributed by atoms with Gasteiger partial charge in [-0.15, -0.1) is 0 Å². The second-order valence-corrected chi connectivity index (χ2v) is 12.5. The van der Waals surface area contributed by atoms with Crippen molar-refractivity contribution in [1.82, 2.24) is 24.3 Å². The molecule has 5 nitrogen and oxygen atoms in total. The van der Waals surface area contributed by atoms with Crippen LogP contribution in [0.25, 0.3) is 83.3 Å². The van der Waals surface area contributed by atoms with Crippen LogP contribution in [0.5, 0.6) is 0 Å². The molecule has 9 aromatic rings. The molecule has 232 valence electrons. The third-order valence-electron chi connectivity index (χ3n) is 9.31. The second-order valence-electron chi connectivity index (χ2n) is 12.5. The minimum Gasteiger partial charge on any atom is -0.299 e. The maximum atomic E-state index is 5.04. The molecule has 0 saturated heterocycles. The molecule has 49 heavy (non-hydrogen) atoms. The lowest BCUT2D eigenvalue weighted by Crippen LogP contribution is -1.93. The van der Waals surface area contributed by atoms with Gasteiger partial charge in [-0.1, -0.05) is 78.9 Å². The van der Waals surface area contributed by atoms with Crippen molar-refractivity contribution in [3.63, 3.8) is 0 Å². The summed E-state index contributed by atoms with van der Waals surface area (Å²) in [5.41, 5.74) is 15.7. The molecule has 0 aliphatic heterocycles. The molecule has 0 bridgehead atoms. The zero-order chi connectivity index (χ0) is 32.9. The Kier molecular flexibility index (Phi) is 6.83. The summed E-state index contributed by atoms with van der Waals surface area (Å²) >= 11 is 0. The van der Waals surface area contributed by atoms with E-state index in [0.29, 0.717) is 0 Å². The van der Waals surface area contributed by atoms with E-state index in [0.717, 1.165) is 94.7 Å². The Hall–Kier alpha value is -6.46. The van der Waals surface area contributed by atoms with Crippen molar-refractivity contribution in [2.75, 3.05) is 0 Å². The van der Waals surface area contributed by atoms with E-state index in [1.807, 2.05) is 43.6 Å². The number of benzene rings is 4. The number of hydrogen-bond donors (Lipinski definition) is 0. The molecule has 0 radical (unpaired) electrons. The van der Waals surface area contributed by atoms with Crippen LogP contribution in [-0.2, 0) is 0 Å². The Balaban J connectivity index is 1.23. The number of aromatic nitrogens is 5. The Labute approximate surface area is 284 Å². The van der Waals surface area contributed by atoms with Crippen molar-refractivity contribution >= 4 is 27.5 Å². The fraction of sp³-hybridized carbons (Fsp3) is 0.0455. The van der Waals surface area contributed by atoms with Gasteiger partial charge in [0.2, 0.25) is 0 Å². The smallest absolute Gasteiger partial charge is 0.137 e. The molecular formula is C44H31N5. The van der Waals surface area contributed by atoms with Gasteiger partial charge in [-0.2, -0.15) is 0 Å². The van der Waals surface area contributed by atoms with Gasteiger partial charge in [-0.05, 0) is 96.3 Å². The number of nitrogens with zero attached hydrogens (tertiary/aromatic N) is 5. The van der Waals surface area contributed by atoms with Crippen molar-refractivity contribution in [2.24, 2.45) is 0 Å². The van der Waals surface area contributed by atoms with Gasteiger partial charge in [0.05, 0.1) is 22.4 Å². The Morgan fingerprint density at radius 3 is 2.02 bits per heavy atom. The van der Waals surface area contributed by atoms with Gasteiger partial charge in [0, 0.05) is 57.4 Å². The van der Waals surface area contributed by atoms with Gasteiger partial charge in [0.25, 0.3) is 0 Å². The number of aryl methyl sites for hydroxylation is 2. The van der Waals surface area contributed by atoms with Crippen molar-refractivity contribution in [1.29, 1.82) is 0 Å². The van der Waals surface area contributed by atoms with Gasteiger partial charge >= 0.3 is 0 Å². The second kappa shape index (κ2) is 11.7. The van der Waals surface area contributed by atoms with Crippen molar-refractivity contribution in [2.45, 2.75) is 13.8 Å². The number of fused-ring (bicyclic) bond motifs is 4. The van der Waals surface area contributed by atoms with E-state index in [1.165, 1.54) is 0 Å². The fourth-order valence-electron chi connectivity index (χ4n) is 7.00. The van der Waals surface area contributed by atoms with Crippen molar-refractivity contribution < 1.29 is 0 Å². The van der Waals surface area contributed by atoms with E-state index in [-0.39, 0.29) is 0 Å². The monoisotopic (exact) mass is 629 g/mol. The molecule has 5 aromatic heterocycles. The van der Waals surface area contributed by atoms with E-state index in [2.05, 4.69) is 127 Å². The topological polar surface area (TPSA) is 56.0 Å². The van der Waals surface area contributed by atoms with E-state index >= 15 is 0 Å². The van der Waals surface area contributed by atoms with Gasteiger partial charge < -0.3 is 0 Å². The van der Waals surface area contributed by atoms with Crippen LogP contribution < -0.4 is 0 Å². The average Bonchev–Trinajstić information content (AvgIpc) is 3.54. The molecule has 9 rings (SSSR count). The lowest BCUT2D eigenvalue weighted by molar-refractivity contribution is 1.13. The molecule has 0 amide bonds. The summed E-state index contributed by atoms with van der Waals surface area (Å²) in [4.78, 5) is 19.3. The van der Waals surface area contributed by atoms with Crippen LogP contribution in [0.4, 0.5) is 0 Å². The van der Waals surface area contributed by atoms with Gasteiger partial charge in [0.15, 0.2) is 0 Å². The zero-order valence-electron chi connectivity index (χ0n) is 27.2. The molecule has 0 unspecified atom stereocenters. The first kappa shape index (κ1) is 28.7. The molecule has 0 fully saturated rings. The van der Waals surface area contributed by atoms with Crippen LogP contribution in [0.3, 0.4) is 0 Å². The third-order valence-corrected chi connectivity index (χ3v) is 9.31. The molecule has 0 aliphatic carbocycles. The van der Waals surface area contributed by atoms with E-state index in [1.54, 1.807) is 0 Å². The quantitative estimate of drug-likeness (QED) is 0.178. The molecule has 5 heterocycles. The lowest BCUT2D eigenvalue weighted by atomic mass is 9.90. The highest BCUT2D eigenvalue weighted by Gasteiger charge is 2.17. The summed E-state index contributed by atoms with van der Waals surface area (Å²) in [5, 5.41) is 2.14. The van der Waals surface area contributed by atoms with Crippen LogP contribution in [0.1, 0.15) is 11.4 Å². The minimum atomic E-state index is 0.905. The largest absolute Gasteiger partial charge is 0.299 e. The summed E-state index contributed by atoms with van der Waals surface area (Å²) in [6.07, 6.45) is 5.77. The lowest BCUT2D eigenvalue weighted by Gasteiger charge is -2.15. The van der Waals surface area contributed by atoms with E-state index in [9.17, 15) is 0 Å². The first-order valence-electron chi connectivity index (χ1n) is 16.5. The normalized spacial score (nSPS) is 11.5. The van der Waals surface area contributed by atoms with Crippen molar-refractivity contribution in [3.05, 3.63) is 163 Å². The highest BCUT2D eigenvalue weighted by molar-refractivity contribution is 6.10. The molecule has 0 N–H and O–H groups in total. The standard InChI is InChI=1S/C44H31N5/c1-28-15-20-37(29(2)47-28)35-24-34(25-36(26-35)39-27-33-12-8-21-45-41(33)43-38(39)13-9-22-46-43)30-16-18-32(19-17-30)44-42(31-10-4-3-5-11-31)48-40-14-6-7-23-49(40)44/h3-27H,1-2H3. The summed E-state index contributed by atoms with van der Waals surface area (Å²) in [7, 11) is 0. The first-order chi connectivity index (χ1) is 24.1. The molecule has 0 atom stereocenters. The molecule has 0 saturated carbocycles. The highest BCUT2D eigenvalue weighted by atomic mass is 15.0. The molecule has 4 aromatic carbocycles. The Morgan fingerprint density at radius 1 is 0.490 bits per heavy atom. The maximum Gasteiger partial charge on any atom is 0.137 e. The van der Waals surface area contributed by atoms with E-state index < -0.39 is 0 Å². The third kappa shape index (κ3) is 5.04. The summed E-state index contributed by atoms with van der Waals surface area (Å²) in [6, 6.07) is 47.0. The molecule has 0 spiro atoms. The van der Waals surface area contributed by atoms with Gasteiger partial charge in [-0.25, -0.2) is 4.98 Å². The number of imidazole rings is 1. The summed E-state index contributed by atoms with van der Waals surface area (Å²) < 4.78 is 2.18. The number of rotatable bonds is 5. The van der Waals surface area contributed by atoms with Crippen LogP contribution >= 0.6 is 0 Å². The van der Waals surface area contributed by atoms with E-state index in [4.69, 9.17) is 19.9 Å². The van der Waals surface area contributed by atoms with Crippen LogP contribution in [-0.4, -0.2) is 24.3 Å². The van der Waals surface area contributed by atoms with Crippen LogP contribution in [0.15, 0.2) is 152 Å². The maximum absolute atomic E-state index is 5.04. The number of hydrogen-bond acceptors (Lipinski definition) is 4.